The first-order valence-electron chi connectivity index (χ1n) is 42.2. The first kappa shape index (κ1) is 70.9. The third-order valence-corrected chi connectivity index (χ3v) is 26.7. The summed E-state index contributed by atoms with van der Waals surface area (Å²) in [4.78, 5) is 5.21. The zero-order chi connectivity index (χ0) is 81.5. The van der Waals surface area contributed by atoms with Crippen LogP contribution in [0.1, 0.15) is 112 Å². The molecule has 0 fully saturated rings. The van der Waals surface area contributed by atoms with Crippen LogP contribution in [0.25, 0.3) is 99.2 Å². The summed E-state index contributed by atoms with van der Waals surface area (Å²) in [6, 6.07) is 89.8. The molecule has 15 aromatic carbocycles. The Hall–Kier alpha value is -13.3. The van der Waals surface area contributed by atoms with Crippen LogP contribution < -0.4 is 77.9 Å². The number of benzene rings is 15. The van der Waals surface area contributed by atoms with Gasteiger partial charge in [-0.15, -0.1) is 0 Å². The fourth-order valence-electron chi connectivity index (χ4n) is 21.8. The Balaban J connectivity index is 0.789. The molecule has 120 heavy (non-hydrogen) atoms. The topological polar surface area (TPSA) is 82.8 Å². The molecule has 9 nitrogen and oxygen atoms in total. The molecule has 24 rings (SSSR count). The minimum absolute atomic E-state index is 0.150. The molecule has 9 heterocycles. The summed E-state index contributed by atoms with van der Waals surface area (Å²) in [7, 11) is 0. The lowest BCUT2D eigenvalue weighted by atomic mass is 9.29. The predicted molar refractivity (Wildman–Crippen MR) is 499 cm³/mol. The Morgan fingerprint density at radius 2 is 0.542 bits per heavy atom. The van der Waals surface area contributed by atoms with Crippen LogP contribution in [0.4, 0.5) is 34.1 Å². The van der Waals surface area contributed by atoms with E-state index in [9.17, 15) is 0 Å². The molecule has 0 spiro atoms. The molecular formula is C108H85B3N2O7. The van der Waals surface area contributed by atoms with Gasteiger partial charge in [0.1, 0.15) is 79.5 Å². The van der Waals surface area contributed by atoms with Gasteiger partial charge in [-0.3, -0.25) is 0 Å². The number of hydrogen-bond donors (Lipinski definition) is 0. The van der Waals surface area contributed by atoms with Gasteiger partial charge in [0.05, 0.1) is 11.4 Å². The van der Waals surface area contributed by atoms with Gasteiger partial charge in [0.2, 0.25) is 0 Å². The molecule has 12 heteroatoms. The van der Waals surface area contributed by atoms with E-state index in [-0.39, 0.29) is 29.7 Å². The molecular weight excluding hydrogens is 1470 g/mol. The van der Waals surface area contributed by atoms with Gasteiger partial charge >= 0.3 is 0 Å². The van der Waals surface area contributed by atoms with E-state index in [1.807, 2.05) is 0 Å². The summed E-state index contributed by atoms with van der Waals surface area (Å²) in [6.45, 7) is 32.9. The van der Waals surface area contributed by atoms with Gasteiger partial charge in [-0.1, -0.05) is 255 Å². The van der Waals surface area contributed by atoms with Crippen LogP contribution in [0.2, 0.25) is 0 Å². The van der Waals surface area contributed by atoms with Crippen LogP contribution in [0.15, 0.2) is 256 Å². The summed E-state index contributed by atoms with van der Waals surface area (Å²) in [5.74, 6) is 6.13. The lowest BCUT2D eigenvalue weighted by molar-refractivity contribution is 0.464. The molecule has 0 N–H and O–H groups in total. The van der Waals surface area contributed by atoms with Gasteiger partial charge in [0, 0.05) is 112 Å². The van der Waals surface area contributed by atoms with Gasteiger partial charge < -0.3 is 42.0 Å². The maximum absolute atomic E-state index is 7.83. The molecule has 18 aromatic rings. The predicted octanol–water partition coefficient (Wildman–Crippen LogP) is 23.7. The molecule has 0 saturated carbocycles. The fraction of sp³-hybridized carbons (Fsp3) is 0.167. The van der Waals surface area contributed by atoms with Crippen molar-refractivity contribution < 1.29 is 32.2 Å². The summed E-state index contributed by atoms with van der Waals surface area (Å²) < 4.78 is 52.0. The average molecular weight is 1560 g/mol. The molecule has 0 unspecified atom stereocenters. The Morgan fingerprint density at radius 3 is 0.883 bits per heavy atom. The van der Waals surface area contributed by atoms with Gasteiger partial charge in [-0.25, -0.2) is 0 Å². The molecule has 0 amide bonds. The minimum atomic E-state index is -0.395. The van der Waals surface area contributed by atoms with Crippen molar-refractivity contribution >= 4 is 169 Å². The Bertz CT molecular complexity index is 7260. The molecule has 0 radical (unpaired) electrons. The van der Waals surface area contributed by atoms with Crippen LogP contribution in [0.3, 0.4) is 0 Å². The molecule has 3 aromatic heterocycles. The molecule has 0 saturated heterocycles. The van der Waals surface area contributed by atoms with Gasteiger partial charge in [-0.2, -0.15) is 0 Å². The fourth-order valence-corrected chi connectivity index (χ4v) is 21.8. The SMILES string of the molecule is Cc1cc(C)c(N2c3cc4c(cc3B3c5cc6c(cc5N(c5c(C)cc(C)cc5C)c5cc(-c7cccc8c7oc7c(C(C)(C)C)cccc78)cc2c53)Oc2cc(-c3cccc5c3oc3c(C(C)(C)C)cccc35)cc3c2B6c2ccccc2O3)B2c3ccccc3Oc3cc(-c5cccc6c5oc5c(C(C)(C)C)cccc56)cc(c32)O4)c(C)c1. The number of anilines is 6. The zero-order valence-corrected chi connectivity index (χ0v) is 70.1. The van der Waals surface area contributed by atoms with Crippen LogP contribution in [-0.2, 0) is 16.2 Å². The van der Waals surface area contributed by atoms with E-state index in [1.54, 1.807) is 0 Å². The van der Waals surface area contributed by atoms with Gasteiger partial charge in [-0.05, 0) is 184 Å². The molecule has 0 atom stereocenters. The van der Waals surface area contributed by atoms with Crippen molar-refractivity contribution in [3.05, 3.63) is 293 Å². The highest BCUT2D eigenvalue weighted by molar-refractivity contribution is 7.03. The smallest absolute Gasteiger partial charge is 0.260 e. The zero-order valence-electron chi connectivity index (χ0n) is 70.1. The average Bonchev–Trinajstić information content (AvgIpc) is 0.902. The Labute approximate surface area is 699 Å². The first-order valence-corrected chi connectivity index (χ1v) is 42.2. The quantitative estimate of drug-likeness (QED) is 0.157. The largest absolute Gasteiger partial charge is 0.458 e. The number of aryl methyl sites for hydroxylation is 6. The lowest BCUT2D eigenvalue weighted by Crippen LogP contribution is -2.65. The summed E-state index contributed by atoms with van der Waals surface area (Å²) >= 11 is 0. The van der Waals surface area contributed by atoms with E-state index in [0.29, 0.717) is 0 Å². The van der Waals surface area contributed by atoms with Gasteiger partial charge in [0.25, 0.3) is 20.1 Å². The second-order valence-electron chi connectivity index (χ2n) is 37.7. The maximum Gasteiger partial charge on any atom is 0.260 e. The van der Waals surface area contributed by atoms with Crippen molar-refractivity contribution in [1.82, 2.24) is 0 Å². The van der Waals surface area contributed by atoms with Crippen LogP contribution in [0, 0.1) is 41.5 Å². The lowest BCUT2D eigenvalue weighted by Gasteiger charge is -2.47. The Morgan fingerprint density at radius 1 is 0.242 bits per heavy atom. The summed E-state index contributed by atoms with van der Waals surface area (Å²) in [6.07, 6.45) is 0. The number of rotatable bonds is 5. The number of hydrogen-bond acceptors (Lipinski definition) is 9. The number of para-hydroxylation sites is 8. The number of nitrogens with zero attached hydrogens (tertiary/aromatic N) is 2. The maximum atomic E-state index is 7.83. The molecule has 0 aliphatic carbocycles. The molecule has 6 aliphatic heterocycles. The number of fused-ring (bicyclic) bond motifs is 21. The standard InChI is InChI=1S/C108H85B3N2O7/c1-56-42-58(3)98(59(4)43-56)112-83-54-89-81(109-77-38-16-18-40-87(77)114-91-48-63(50-93(116-89)96(91)109)66-27-21-30-69-72-33-24-36-75(107(10,11)12)104(72)119-101(66)69)52-79(83)111-80-53-82-90(117-94-51-64(49-92-97(94)110(82)78-39-17-19-41-88(78)115-92)67-28-22-31-70-73-34-25-37-76(108(13,14)15)105(73)120-102(67)70)55-84(80)113(99-60(5)44-57(2)45-61(99)6)86-47-62(46-85(112)95(86)111)65-26-20-29-68-71-32-23-35-74(106(7,8)9)103(71)118-100(65)68/h16-55H,1-15H3. The van der Waals surface area contributed by atoms with E-state index >= 15 is 0 Å². The van der Waals surface area contributed by atoms with E-state index in [0.717, 1.165) is 251 Å². The van der Waals surface area contributed by atoms with E-state index < -0.39 is 6.71 Å². The van der Waals surface area contributed by atoms with E-state index in [1.165, 1.54) is 27.7 Å². The van der Waals surface area contributed by atoms with E-state index in [4.69, 9.17) is 32.2 Å². The van der Waals surface area contributed by atoms with Crippen molar-refractivity contribution in [2.75, 3.05) is 9.80 Å². The highest BCUT2D eigenvalue weighted by Crippen LogP contribution is 2.54. The van der Waals surface area contributed by atoms with E-state index in [2.05, 4.69) is 356 Å². The monoisotopic (exact) mass is 1550 g/mol. The van der Waals surface area contributed by atoms with Gasteiger partial charge in [0.15, 0.2) is 0 Å². The van der Waals surface area contributed by atoms with Crippen molar-refractivity contribution in [2.24, 2.45) is 0 Å². The van der Waals surface area contributed by atoms with Crippen LogP contribution in [0.5, 0.6) is 46.0 Å². The summed E-state index contributed by atoms with van der Waals surface area (Å²) in [5.41, 5.74) is 37.1. The van der Waals surface area contributed by atoms with Crippen molar-refractivity contribution in [1.29, 1.82) is 0 Å². The second kappa shape index (κ2) is 24.7. The normalized spacial score (nSPS) is 14.0. The third kappa shape index (κ3) is 10.0. The van der Waals surface area contributed by atoms with Crippen molar-refractivity contribution in [2.45, 2.75) is 120 Å². The third-order valence-electron chi connectivity index (χ3n) is 26.7. The number of ether oxygens (including phenoxy) is 4. The Kier molecular flexibility index (Phi) is 14.6. The molecule has 578 valence electrons. The highest BCUT2D eigenvalue weighted by atomic mass is 16.5. The second-order valence-corrected chi connectivity index (χ2v) is 37.7. The highest BCUT2D eigenvalue weighted by Gasteiger charge is 2.51. The van der Waals surface area contributed by atoms with Crippen LogP contribution >= 0.6 is 0 Å². The minimum Gasteiger partial charge on any atom is -0.458 e. The first-order chi connectivity index (χ1) is 57.8. The molecule has 0 bridgehead atoms. The molecule has 6 aliphatic rings. The van der Waals surface area contributed by atoms with Crippen LogP contribution in [-0.4, -0.2) is 20.1 Å². The summed E-state index contributed by atoms with van der Waals surface area (Å²) in [5, 5.41) is 6.48. The van der Waals surface area contributed by atoms with Crippen molar-refractivity contribution in [3.8, 4) is 79.4 Å². The van der Waals surface area contributed by atoms with Crippen molar-refractivity contribution in [3.63, 3.8) is 0 Å². The number of furan rings is 3.